The lowest BCUT2D eigenvalue weighted by molar-refractivity contribution is -0.120. The third kappa shape index (κ3) is 7.93. The first-order valence-corrected chi connectivity index (χ1v) is 23.1. The van der Waals surface area contributed by atoms with Gasteiger partial charge in [0.25, 0.3) is 5.91 Å². The molecule has 0 spiro atoms. The zero-order valence-electron chi connectivity index (χ0n) is 36.4. The van der Waals surface area contributed by atoms with Gasteiger partial charge in [0.15, 0.2) is 0 Å². The minimum Gasteiger partial charge on any atom is -0.448 e. The van der Waals surface area contributed by atoms with Gasteiger partial charge < -0.3 is 29.7 Å². The molecular weight excluding hydrogens is 877 g/mol. The molecule has 1 aromatic heterocycles. The minimum atomic E-state index is -4.72. The first-order valence-electron chi connectivity index (χ1n) is 21.7. The van der Waals surface area contributed by atoms with Crippen LogP contribution in [0, 0.1) is 11.6 Å². The molecule has 9 rings (SSSR count). The Labute approximate surface area is 379 Å². The average molecular weight is 924 g/mol. The molecule has 344 valence electrons. The summed E-state index contributed by atoms with van der Waals surface area (Å²) in [6.45, 7) is 6.30. The van der Waals surface area contributed by atoms with Crippen molar-refractivity contribution in [2.24, 2.45) is 0 Å². The predicted molar refractivity (Wildman–Crippen MR) is 238 cm³/mol. The topological polar surface area (TPSA) is 182 Å². The Hall–Kier alpha value is -6.70. The number of carbonyl (C=O) groups excluding carboxylic acids is 4. The summed E-state index contributed by atoms with van der Waals surface area (Å²) in [5.41, 5.74) is 3.60. The Bertz CT molecular complexity index is 2840. The monoisotopic (exact) mass is 923 g/mol. The van der Waals surface area contributed by atoms with Crippen LogP contribution in [0.15, 0.2) is 89.8 Å². The Balaban J connectivity index is 0.993. The van der Waals surface area contributed by atoms with E-state index in [2.05, 4.69) is 15.7 Å². The number of sulfonamides is 1. The molecule has 0 unspecified atom stereocenters. The van der Waals surface area contributed by atoms with Crippen LogP contribution in [0.2, 0.25) is 0 Å². The zero-order chi connectivity index (χ0) is 46.5. The van der Waals surface area contributed by atoms with Gasteiger partial charge in [0.05, 0.1) is 42.3 Å². The van der Waals surface area contributed by atoms with Gasteiger partial charge in [-0.25, -0.2) is 26.8 Å². The Kier molecular flexibility index (Phi) is 11.9. The van der Waals surface area contributed by atoms with E-state index in [1.165, 1.54) is 24.8 Å². The van der Waals surface area contributed by atoms with Crippen LogP contribution >= 0.6 is 0 Å². The van der Waals surface area contributed by atoms with Gasteiger partial charge in [-0.1, -0.05) is 48.5 Å². The second-order valence-corrected chi connectivity index (χ2v) is 18.7. The van der Waals surface area contributed by atoms with Crippen LogP contribution in [0.1, 0.15) is 72.3 Å². The second kappa shape index (κ2) is 17.6. The molecule has 2 N–H and O–H groups in total. The molecule has 0 bridgehead atoms. The van der Waals surface area contributed by atoms with E-state index in [1.54, 1.807) is 19.1 Å². The lowest BCUT2D eigenvalue weighted by atomic mass is 9.98. The Morgan fingerprint density at radius 3 is 2.26 bits per heavy atom. The summed E-state index contributed by atoms with van der Waals surface area (Å²) in [4.78, 5) is 58.6. The normalized spacial score (nSPS) is 17.8. The van der Waals surface area contributed by atoms with Crippen molar-refractivity contribution in [2.45, 2.75) is 62.6 Å². The summed E-state index contributed by atoms with van der Waals surface area (Å²) in [7, 11) is -4.72. The number of ether oxygens (including phenoxy) is 3. The minimum absolute atomic E-state index is 0.0417. The zero-order valence-corrected chi connectivity index (χ0v) is 37.2. The third-order valence-corrected chi connectivity index (χ3v) is 14.7. The number of hydrogen-bond acceptors (Lipinski definition) is 11. The summed E-state index contributed by atoms with van der Waals surface area (Å²) in [5.74, 6) is -3.93. The first-order chi connectivity index (χ1) is 31.7. The van der Waals surface area contributed by atoms with Crippen LogP contribution in [0.4, 0.5) is 35.6 Å². The van der Waals surface area contributed by atoms with E-state index in [1.807, 2.05) is 53.4 Å². The lowest BCUT2D eigenvalue weighted by Gasteiger charge is -2.30. The number of aromatic nitrogens is 2. The molecule has 4 aliphatic rings. The number of morpholine rings is 1. The number of likely N-dealkylation sites (tertiary alicyclic amines) is 1. The number of amides is 3. The maximum Gasteiger partial charge on any atom is 0.436 e. The van der Waals surface area contributed by atoms with E-state index in [0.29, 0.717) is 57.0 Å². The van der Waals surface area contributed by atoms with E-state index in [0.717, 1.165) is 37.3 Å². The molecule has 4 heterocycles. The van der Waals surface area contributed by atoms with E-state index in [9.17, 15) is 36.4 Å². The molecule has 0 radical (unpaired) electrons. The van der Waals surface area contributed by atoms with Crippen LogP contribution in [-0.2, 0) is 41.1 Å². The van der Waals surface area contributed by atoms with E-state index in [-0.39, 0.29) is 54.0 Å². The largest absolute Gasteiger partial charge is 0.448 e. The Morgan fingerprint density at radius 2 is 1.56 bits per heavy atom. The number of benzene rings is 4. The highest BCUT2D eigenvalue weighted by molar-refractivity contribution is 7.89. The molecule has 5 aromatic rings. The molecule has 4 aromatic carbocycles. The highest BCUT2D eigenvalue weighted by Gasteiger charge is 2.50. The lowest BCUT2D eigenvalue weighted by Crippen LogP contribution is -2.44. The van der Waals surface area contributed by atoms with Crippen LogP contribution in [0.5, 0.6) is 0 Å². The summed E-state index contributed by atoms with van der Waals surface area (Å²) in [6.07, 6.45) is -0.758. The van der Waals surface area contributed by atoms with Crippen LogP contribution < -0.4 is 15.5 Å². The molecule has 1 aliphatic carbocycles. The van der Waals surface area contributed by atoms with Crippen molar-refractivity contribution in [3.8, 4) is 11.1 Å². The van der Waals surface area contributed by atoms with E-state index in [4.69, 9.17) is 14.2 Å². The standard InChI is InChI=1S/C47H47F2N7O9S/c1-4-64-46(60)56-42(35-26-55(47(2,3)41(35)52-56)66(61,62)40-24-28(48)15-18-37(40)49)51-43(57)34-17-16-29(53-20-22-63-23-21-53)25-38(34)50-44(58)39-14-9-19-54(39)45(59)65-27-36-32-12-7-5-10-30(32)31-11-6-8-13-33(31)36/h5-8,10-13,15-18,24-25,36,39H,4,9,14,19-23,26-27H2,1-3H3,(H,50,58)(H,51,57)/t39-/m0/s1. The number of anilines is 3. The van der Waals surface area contributed by atoms with E-state index >= 15 is 0 Å². The SMILES string of the molecule is CCOC(=O)n1nc2c(c1NC(=O)c1ccc(N3CCOCC3)cc1NC(=O)[C@@H]1CCCN1C(=O)OCC1c3ccccc3-c3ccccc31)CN(S(=O)(=O)c1cc(F)ccc1F)C2(C)C. The summed E-state index contributed by atoms with van der Waals surface area (Å²) in [6, 6.07) is 22.0. The molecule has 2 saturated heterocycles. The summed E-state index contributed by atoms with van der Waals surface area (Å²) >= 11 is 0. The van der Waals surface area contributed by atoms with Crippen molar-refractivity contribution in [1.82, 2.24) is 19.0 Å². The molecule has 2 fully saturated rings. The molecule has 1 atom stereocenters. The van der Waals surface area contributed by atoms with Gasteiger partial charge >= 0.3 is 12.2 Å². The highest BCUT2D eigenvalue weighted by Crippen LogP contribution is 2.46. The van der Waals surface area contributed by atoms with Crippen LogP contribution in [-0.4, -0.2) is 104 Å². The number of hydrogen-bond donors (Lipinski definition) is 2. The first kappa shape index (κ1) is 44.5. The van der Waals surface area contributed by atoms with Crippen molar-refractivity contribution >= 4 is 51.2 Å². The van der Waals surface area contributed by atoms with Crippen LogP contribution in [0.3, 0.4) is 0 Å². The number of fused-ring (bicyclic) bond motifs is 4. The van der Waals surface area contributed by atoms with Crippen molar-refractivity contribution in [2.75, 3.05) is 61.6 Å². The maximum absolute atomic E-state index is 15.0. The van der Waals surface area contributed by atoms with Crippen molar-refractivity contribution < 1.29 is 50.6 Å². The molecule has 3 amide bonds. The van der Waals surface area contributed by atoms with Crippen molar-refractivity contribution in [3.63, 3.8) is 0 Å². The van der Waals surface area contributed by atoms with Crippen LogP contribution in [0.25, 0.3) is 11.1 Å². The quantitative estimate of drug-likeness (QED) is 0.147. The smallest absolute Gasteiger partial charge is 0.436 e. The van der Waals surface area contributed by atoms with Gasteiger partial charge in [0.1, 0.15) is 35.0 Å². The number of nitrogens with one attached hydrogen (secondary N) is 2. The van der Waals surface area contributed by atoms with Gasteiger partial charge in [-0.3, -0.25) is 14.5 Å². The fourth-order valence-electron chi connectivity index (χ4n) is 9.35. The van der Waals surface area contributed by atoms with Crippen molar-refractivity contribution in [3.05, 3.63) is 125 Å². The van der Waals surface area contributed by atoms with Crippen molar-refractivity contribution in [1.29, 1.82) is 0 Å². The Morgan fingerprint density at radius 1 is 0.864 bits per heavy atom. The van der Waals surface area contributed by atoms with Gasteiger partial charge in [0.2, 0.25) is 15.9 Å². The second-order valence-electron chi connectivity index (χ2n) is 16.9. The predicted octanol–water partition coefficient (Wildman–Crippen LogP) is 7.05. The summed E-state index contributed by atoms with van der Waals surface area (Å²) in [5, 5.41) is 10.0. The molecular formula is C47H47F2N7O9S. The highest BCUT2D eigenvalue weighted by atomic mass is 32.2. The third-order valence-electron chi connectivity index (χ3n) is 12.6. The summed E-state index contributed by atoms with van der Waals surface area (Å²) < 4.78 is 75.6. The number of halogens is 2. The molecule has 19 heteroatoms. The average Bonchev–Trinajstić information content (AvgIpc) is 4.08. The number of rotatable bonds is 10. The molecule has 66 heavy (non-hydrogen) atoms. The van der Waals surface area contributed by atoms with Gasteiger partial charge in [0, 0.05) is 43.3 Å². The molecule has 0 saturated carbocycles. The number of nitrogens with zero attached hydrogens (tertiary/aromatic N) is 5. The fraction of sp³-hybridized carbons (Fsp3) is 0.340. The molecule has 16 nitrogen and oxygen atoms in total. The van der Waals surface area contributed by atoms with Gasteiger partial charge in [-0.05, 0) is 92.3 Å². The van der Waals surface area contributed by atoms with E-state index < -0.39 is 68.7 Å². The van der Waals surface area contributed by atoms with Gasteiger partial charge in [-0.15, -0.1) is 4.68 Å². The number of carbonyl (C=O) groups is 4. The van der Waals surface area contributed by atoms with Gasteiger partial charge in [-0.2, -0.15) is 9.40 Å². The maximum atomic E-state index is 15.0. The fourth-order valence-corrected chi connectivity index (χ4v) is 11.2. The molecule has 3 aliphatic heterocycles.